The van der Waals surface area contributed by atoms with Gasteiger partial charge in [-0.2, -0.15) is 0 Å². The maximum atomic E-state index is 11.8. The molecule has 0 radical (unpaired) electrons. The predicted octanol–water partition coefficient (Wildman–Crippen LogP) is 0.0542. The summed E-state index contributed by atoms with van der Waals surface area (Å²) < 4.78 is 0. The highest BCUT2D eigenvalue weighted by atomic mass is 16.4. The van der Waals surface area contributed by atoms with E-state index >= 15 is 0 Å². The second-order valence-corrected chi connectivity index (χ2v) is 4.75. The number of carbonyl (C=O) groups is 2. The van der Waals surface area contributed by atoms with Gasteiger partial charge in [-0.25, -0.2) is 4.79 Å². The SMILES string of the molecule is CN(C)CCNC(=O)N(CC(=O)O)CC1CC1. The normalized spacial score (nSPS) is 14.8. The molecule has 98 valence electrons. The predicted molar refractivity (Wildman–Crippen MR) is 63.9 cm³/mol. The monoisotopic (exact) mass is 243 g/mol. The van der Waals surface area contributed by atoms with Crippen LogP contribution in [0.4, 0.5) is 4.79 Å². The van der Waals surface area contributed by atoms with Gasteiger partial charge in [0.2, 0.25) is 0 Å². The Balaban J connectivity index is 2.32. The Morgan fingerprint density at radius 2 is 2.00 bits per heavy atom. The van der Waals surface area contributed by atoms with Crippen LogP contribution in [0.2, 0.25) is 0 Å². The second kappa shape index (κ2) is 6.44. The van der Waals surface area contributed by atoms with E-state index in [4.69, 9.17) is 5.11 Å². The average molecular weight is 243 g/mol. The van der Waals surface area contributed by atoms with Crippen molar-refractivity contribution in [2.24, 2.45) is 5.92 Å². The van der Waals surface area contributed by atoms with Gasteiger partial charge in [-0.05, 0) is 32.9 Å². The molecular weight excluding hydrogens is 222 g/mol. The van der Waals surface area contributed by atoms with Crippen LogP contribution in [0.3, 0.4) is 0 Å². The Labute approximate surface area is 102 Å². The summed E-state index contributed by atoms with van der Waals surface area (Å²) in [4.78, 5) is 25.8. The number of carboxylic acids is 1. The minimum atomic E-state index is -0.964. The number of carboxylic acid groups (broad SMARTS) is 1. The van der Waals surface area contributed by atoms with Crippen molar-refractivity contribution >= 4 is 12.0 Å². The minimum Gasteiger partial charge on any atom is -0.480 e. The molecule has 2 N–H and O–H groups in total. The van der Waals surface area contributed by atoms with Crippen molar-refractivity contribution in [3.63, 3.8) is 0 Å². The maximum absolute atomic E-state index is 11.8. The summed E-state index contributed by atoms with van der Waals surface area (Å²) in [5, 5.41) is 11.5. The Bertz CT molecular complexity index is 277. The van der Waals surface area contributed by atoms with Crippen LogP contribution in [-0.2, 0) is 4.79 Å². The summed E-state index contributed by atoms with van der Waals surface area (Å²) in [5.41, 5.74) is 0. The number of hydrogen-bond donors (Lipinski definition) is 2. The molecule has 1 rings (SSSR count). The fourth-order valence-corrected chi connectivity index (χ4v) is 1.49. The molecule has 1 aliphatic carbocycles. The Morgan fingerprint density at radius 3 is 2.47 bits per heavy atom. The van der Waals surface area contributed by atoms with Gasteiger partial charge < -0.3 is 20.2 Å². The summed E-state index contributed by atoms with van der Waals surface area (Å²) in [5.74, 6) is -0.470. The van der Waals surface area contributed by atoms with Crippen LogP contribution in [-0.4, -0.2) is 67.2 Å². The molecule has 0 aromatic rings. The fourth-order valence-electron chi connectivity index (χ4n) is 1.49. The third-order valence-electron chi connectivity index (χ3n) is 2.62. The lowest BCUT2D eigenvalue weighted by molar-refractivity contribution is -0.137. The highest BCUT2D eigenvalue weighted by Gasteiger charge is 2.27. The van der Waals surface area contributed by atoms with Crippen molar-refractivity contribution in [1.82, 2.24) is 15.1 Å². The molecule has 0 aromatic heterocycles. The first-order valence-electron chi connectivity index (χ1n) is 5.88. The van der Waals surface area contributed by atoms with Gasteiger partial charge in [0.05, 0.1) is 0 Å². The van der Waals surface area contributed by atoms with E-state index in [1.807, 2.05) is 19.0 Å². The highest BCUT2D eigenvalue weighted by Crippen LogP contribution is 2.29. The Kier molecular flexibility index (Phi) is 5.21. The summed E-state index contributed by atoms with van der Waals surface area (Å²) in [7, 11) is 3.84. The zero-order valence-electron chi connectivity index (χ0n) is 10.5. The number of rotatable bonds is 7. The van der Waals surface area contributed by atoms with Gasteiger partial charge in [-0.1, -0.05) is 0 Å². The van der Waals surface area contributed by atoms with E-state index in [9.17, 15) is 9.59 Å². The van der Waals surface area contributed by atoms with E-state index in [2.05, 4.69) is 5.32 Å². The summed E-state index contributed by atoms with van der Waals surface area (Å²) >= 11 is 0. The Hall–Kier alpha value is -1.30. The van der Waals surface area contributed by atoms with Crippen molar-refractivity contribution in [3.05, 3.63) is 0 Å². The van der Waals surface area contributed by atoms with Gasteiger partial charge in [-0.15, -0.1) is 0 Å². The third-order valence-corrected chi connectivity index (χ3v) is 2.62. The zero-order chi connectivity index (χ0) is 12.8. The lowest BCUT2D eigenvalue weighted by atomic mass is 10.3. The lowest BCUT2D eigenvalue weighted by Gasteiger charge is -2.21. The van der Waals surface area contributed by atoms with E-state index in [1.165, 1.54) is 4.90 Å². The number of aliphatic carboxylic acids is 1. The Morgan fingerprint density at radius 1 is 1.35 bits per heavy atom. The van der Waals surface area contributed by atoms with Gasteiger partial charge >= 0.3 is 12.0 Å². The van der Waals surface area contributed by atoms with Crippen LogP contribution in [0.25, 0.3) is 0 Å². The van der Waals surface area contributed by atoms with E-state index in [0.29, 0.717) is 19.0 Å². The number of urea groups is 1. The number of amides is 2. The van der Waals surface area contributed by atoms with Crippen LogP contribution in [0.5, 0.6) is 0 Å². The first-order valence-corrected chi connectivity index (χ1v) is 5.88. The number of likely N-dealkylation sites (N-methyl/N-ethyl adjacent to an activating group) is 1. The maximum Gasteiger partial charge on any atom is 0.323 e. The molecule has 6 heteroatoms. The number of nitrogens with one attached hydrogen (secondary N) is 1. The van der Waals surface area contributed by atoms with Crippen molar-refractivity contribution < 1.29 is 14.7 Å². The van der Waals surface area contributed by atoms with E-state index in [-0.39, 0.29) is 12.6 Å². The molecule has 2 amide bonds. The molecule has 1 fully saturated rings. The van der Waals surface area contributed by atoms with Gasteiger partial charge in [0.15, 0.2) is 0 Å². The molecule has 0 spiro atoms. The zero-order valence-corrected chi connectivity index (χ0v) is 10.5. The minimum absolute atomic E-state index is 0.218. The van der Waals surface area contributed by atoms with Crippen LogP contribution in [0, 0.1) is 5.92 Å². The number of hydrogen-bond acceptors (Lipinski definition) is 3. The summed E-state index contributed by atoms with van der Waals surface area (Å²) in [6.45, 7) is 1.62. The van der Waals surface area contributed by atoms with Crippen LogP contribution >= 0.6 is 0 Å². The van der Waals surface area contributed by atoms with Gasteiger partial charge in [0.25, 0.3) is 0 Å². The van der Waals surface area contributed by atoms with Crippen molar-refractivity contribution in [1.29, 1.82) is 0 Å². The van der Waals surface area contributed by atoms with Crippen LogP contribution < -0.4 is 5.32 Å². The third kappa shape index (κ3) is 6.11. The molecule has 0 aromatic carbocycles. The molecule has 1 aliphatic rings. The van der Waals surface area contributed by atoms with Gasteiger partial charge in [0.1, 0.15) is 6.54 Å². The van der Waals surface area contributed by atoms with E-state index in [1.54, 1.807) is 0 Å². The first-order chi connectivity index (χ1) is 7.99. The quantitative estimate of drug-likeness (QED) is 0.663. The van der Waals surface area contributed by atoms with Crippen molar-refractivity contribution in [2.75, 3.05) is 40.3 Å². The van der Waals surface area contributed by atoms with Crippen LogP contribution in [0.1, 0.15) is 12.8 Å². The molecule has 0 heterocycles. The van der Waals surface area contributed by atoms with E-state index in [0.717, 1.165) is 19.4 Å². The second-order valence-electron chi connectivity index (χ2n) is 4.75. The molecule has 1 saturated carbocycles. The van der Waals surface area contributed by atoms with Crippen molar-refractivity contribution in [2.45, 2.75) is 12.8 Å². The summed E-state index contributed by atoms with van der Waals surface area (Å²) in [6, 6.07) is -0.277. The molecular formula is C11H21N3O3. The summed E-state index contributed by atoms with van der Waals surface area (Å²) in [6.07, 6.45) is 2.20. The molecule has 0 atom stereocenters. The van der Waals surface area contributed by atoms with E-state index < -0.39 is 5.97 Å². The standard InChI is InChI=1S/C11H21N3O3/c1-13(2)6-5-12-11(17)14(8-10(15)16)7-9-3-4-9/h9H,3-8H2,1-2H3,(H,12,17)(H,15,16). The fraction of sp³-hybridized carbons (Fsp3) is 0.818. The first kappa shape index (κ1) is 13.8. The van der Waals surface area contributed by atoms with Crippen LogP contribution in [0.15, 0.2) is 0 Å². The molecule has 6 nitrogen and oxygen atoms in total. The molecule has 0 bridgehead atoms. The average Bonchev–Trinajstić information content (AvgIpc) is 2.99. The molecule has 0 unspecified atom stereocenters. The van der Waals surface area contributed by atoms with Gasteiger partial charge in [0, 0.05) is 19.6 Å². The number of carbonyl (C=O) groups excluding carboxylic acids is 1. The topological polar surface area (TPSA) is 72.9 Å². The smallest absolute Gasteiger partial charge is 0.323 e. The number of nitrogens with zero attached hydrogens (tertiary/aromatic N) is 2. The molecule has 0 saturated heterocycles. The molecule has 17 heavy (non-hydrogen) atoms. The van der Waals surface area contributed by atoms with Crippen molar-refractivity contribution in [3.8, 4) is 0 Å². The molecule has 0 aliphatic heterocycles. The lowest BCUT2D eigenvalue weighted by Crippen LogP contribution is -2.45. The largest absolute Gasteiger partial charge is 0.480 e. The van der Waals surface area contributed by atoms with Gasteiger partial charge in [-0.3, -0.25) is 4.79 Å². The highest BCUT2D eigenvalue weighted by molar-refractivity contribution is 5.80.